The van der Waals surface area contributed by atoms with E-state index in [1.54, 1.807) is 7.05 Å². The van der Waals surface area contributed by atoms with Crippen molar-refractivity contribution in [1.82, 2.24) is 5.32 Å². The fourth-order valence-electron chi connectivity index (χ4n) is 3.54. The topological polar surface area (TPSA) is 53.9 Å². The lowest BCUT2D eigenvalue weighted by atomic mass is 10.2. The molecule has 1 aromatic rings. The van der Waals surface area contributed by atoms with Gasteiger partial charge in [-0.15, -0.1) is 0 Å². The number of benzene rings is 1. The molecule has 5 nitrogen and oxygen atoms in total. The van der Waals surface area contributed by atoms with Crippen molar-refractivity contribution in [2.24, 2.45) is 4.99 Å². The van der Waals surface area contributed by atoms with Gasteiger partial charge >= 0.3 is 5.97 Å². The second-order valence-electron chi connectivity index (χ2n) is 6.50. The van der Waals surface area contributed by atoms with E-state index in [1.807, 2.05) is 0 Å². The number of aliphatic imine (C=N–C) groups is 1. The van der Waals surface area contributed by atoms with Gasteiger partial charge in [0.2, 0.25) is 0 Å². The highest BCUT2D eigenvalue weighted by Crippen LogP contribution is 2.27. The van der Waals surface area contributed by atoms with E-state index in [0.717, 1.165) is 44.7 Å². The molecule has 24 heavy (non-hydrogen) atoms. The lowest BCUT2D eigenvalue weighted by molar-refractivity contribution is -0.148. The lowest BCUT2D eigenvalue weighted by Crippen LogP contribution is -2.41. The largest absolute Gasteiger partial charge is 0.462 e. The van der Waals surface area contributed by atoms with Gasteiger partial charge < -0.3 is 15.0 Å². The van der Waals surface area contributed by atoms with Crippen LogP contribution in [0.4, 0.5) is 5.69 Å². The maximum atomic E-state index is 11.8. The van der Waals surface area contributed by atoms with E-state index in [0.29, 0.717) is 6.42 Å². The highest BCUT2D eigenvalue weighted by Gasteiger charge is 2.22. The van der Waals surface area contributed by atoms with Crippen LogP contribution in [0.2, 0.25) is 0 Å². The predicted molar refractivity (Wildman–Crippen MR) is 96.4 cm³/mol. The number of fused-ring (bicyclic) bond motifs is 1. The third-order valence-corrected chi connectivity index (χ3v) is 4.80. The zero-order valence-electron chi connectivity index (χ0n) is 14.5. The maximum Gasteiger partial charge on any atom is 0.306 e. The van der Waals surface area contributed by atoms with E-state index < -0.39 is 0 Å². The minimum absolute atomic E-state index is 0.0646. The Labute approximate surface area is 144 Å². The number of carbonyl (C=O) groups is 1. The average Bonchev–Trinajstić information content (AvgIpc) is 3.25. The number of esters is 1. The Kier molecular flexibility index (Phi) is 5.72. The van der Waals surface area contributed by atoms with Crippen LogP contribution >= 0.6 is 0 Å². The zero-order valence-corrected chi connectivity index (χ0v) is 14.5. The van der Waals surface area contributed by atoms with E-state index in [4.69, 9.17) is 4.74 Å². The Morgan fingerprint density at radius 3 is 2.92 bits per heavy atom. The Morgan fingerprint density at radius 2 is 2.12 bits per heavy atom. The van der Waals surface area contributed by atoms with E-state index in [9.17, 15) is 4.79 Å². The molecule has 1 heterocycles. The van der Waals surface area contributed by atoms with E-state index in [2.05, 4.69) is 39.5 Å². The van der Waals surface area contributed by atoms with Gasteiger partial charge in [0.15, 0.2) is 5.96 Å². The van der Waals surface area contributed by atoms with Gasteiger partial charge in [-0.05, 0) is 50.2 Å². The molecule has 1 saturated carbocycles. The summed E-state index contributed by atoms with van der Waals surface area (Å²) < 4.78 is 5.48. The van der Waals surface area contributed by atoms with E-state index >= 15 is 0 Å². The summed E-state index contributed by atoms with van der Waals surface area (Å²) in [7, 11) is 1.80. The van der Waals surface area contributed by atoms with Gasteiger partial charge in [0.05, 0.1) is 0 Å². The molecule has 0 saturated heterocycles. The summed E-state index contributed by atoms with van der Waals surface area (Å²) in [4.78, 5) is 18.4. The number of nitrogens with zero attached hydrogens (tertiary/aromatic N) is 2. The summed E-state index contributed by atoms with van der Waals surface area (Å²) in [6.45, 7) is 1.67. The first-order chi connectivity index (χ1) is 11.8. The Balaban J connectivity index is 1.41. The molecule has 5 heteroatoms. The van der Waals surface area contributed by atoms with Crippen molar-refractivity contribution in [2.45, 2.75) is 51.0 Å². The summed E-state index contributed by atoms with van der Waals surface area (Å²) in [6, 6.07) is 8.44. The Hall–Kier alpha value is -2.04. The monoisotopic (exact) mass is 329 g/mol. The second kappa shape index (κ2) is 8.18. The van der Waals surface area contributed by atoms with Crippen molar-refractivity contribution in [1.29, 1.82) is 0 Å². The molecule has 0 bridgehead atoms. The van der Waals surface area contributed by atoms with Gasteiger partial charge in [0, 0.05) is 32.2 Å². The third-order valence-electron chi connectivity index (χ3n) is 4.80. The predicted octanol–water partition coefficient (Wildman–Crippen LogP) is 2.89. The van der Waals surface area contributed by atoms with Crippen LogP contribution in [0.15, 0.2) is 29.3 Å². The van der Waals surface area contributed by atoms with E-state index in [1.165, 1.54) is 24.1 Å². The number of anilines is 1. The van der Waals surface area contributed by atoms with Crippen LogP contribution < -0.4 is 10.2 Å². The van der Waals surface area contributed by atoms with Crippen LogP contribution in [0.5, 0.6) is 0 Å². The van der Waals surface area contributed by atoms with Crippen molar-refractivity contribution >= 4 is 17.6 Å². The van der Waals surface area contributed by atoms with Crippen LogP contribution in [-0.4, -0.2) is 38.2 Å². The summed E-state index contributed by atoms with van der Waals surface area (Å²) in [5.74, 6) is 0.814. The molecule has 1 N–H and O–H groups in total. The standard InChI is InChI=1S/C19H27N3O2/c1-20-19(22-14-12-15-7-2-5-10-17(15)22)21-13-6-11-18(23)24-16-8-3-4-9-16/h2,5,7,10,16H,3-4,6,8-9,11-14H2,1H3,(H,20,21). The smallest absolute Gasteiger partial charge is 0.306 e. The summed E-state index contributed by atoms with van der Waals surface area (Å²) >= 11 is 0. The number of hydrogen-bond donors (Lipinski definition) is 1. The summed E-state index contributed by atoms with van der Waals surface area (Å²) in [5.41, 5.74) is 2.59. The van der Waals surface area contributed by atoms with Crippen LogP contribution in [0.1, 0.15) is 44.1 Å². The summed E-state index contributed by atoms with van der Waals surface area (Å²) in [5, 5.41) is 3.37. The molecule has 1 aliphatic carbocycles. The fraction of sp³-hybridized carbons (Fsp3) is 0.579. The molecule has 0 radical (unpaired) electrons. The molecule has 1 fully saturated rings. The Bertz CT molecular complexity index is 594. The number of rotatable bonds is 5. The molecule has 1 aliphatic heterocycles. The highest BCUT2D eigenvalue weighted by molar-refractivity contribution is 5.97. The maximum absolute atomic E-state index is 11.8. The van der Waals surface area contributed by atoms with Crippen molar-refractivity contribution in [3.63, 3.8) is 0 Å². The third kappa shape index (κ3) is 4.08. The van der Waals surface area contributed by atoms with Crippen LogP contribution in [0.3, 0.4) is 0 Å². The molecule has 130 valence electrons. The van der Waals surface area contributed by atoms with Gasteiger partial charge in [-0.1, -0.05) is 18.2 Å². The first-order valence-corrected chi connectivity index (χ1v) is 9.03. The first-order valence-electron chi connectivity index (χ1n) is 9.03. The number of para-hydroxylation sites is 1. The molecule has 1 aromatic carbocycles. The molecule has 0 amide bonds. The number of ether oxygens (including phenoxy) is 1. The van der Waals surface area contributed by atoms with Gasteiger partial charge in [-0.25, -0.2) is 0 Å². The average molecular weight is 329 g/mol. The molecule has 2 aliphatic rings. The zero-order chi connectivity index (χ0) is 16.8. The first kappa shape index (κ1) is 16.8. The number of guanidine groups is 1. The molecular weight excluding hydrogens is 302 g/mol. The molecule has 0 atom stereocenters. The number of carbonyl (C=O) groups excluding carboxylic acids is 1. The fourth-order valence-corrected chi connectivity index (χ4v) is 3.54. The van der Waals surface area contributed by atoms with Gasteiger partial charge in [-0.3, -0.25) is 9.79 Å². The van der Waals surface area contributed by atoms with Crippen LogP contribution in [-0.2, 0) is 16.0 Å². The summed E-state index contributed by atoms with van der Waals surface area (Å²) in [6.07, 6.45) is 6.89. The van der Waals surface area contributed by atoms with Crippen molar-refractivity contribution < 1.29 is 9.53 Å². The molecular formula is C19H27N3O2. The normalized spacial score (nSPS) is 17.9. The van der Waals surface area contributed by atoms with Crippen molar-refractivity contribution in [3.05, 3.63) is 29.8 Å². The van der Waals surface area contributed by atoms with Gasteiger partial charge in [0.25, 0.3) is 0 Å². The Morgan fingerprint density at radius 1 is 1.33 bits per heavy atom. The molecule has 3 rings (SSSR count). The second-order valence-corrected chi connectivity index (χ2v) is 6.50. The minimum Gasteiger partial charge on any atom is -0.462 e. The van der Waals surface area contributed by atoms with Gasteiger partial charge in [0.1, 0.15) is 6.10 Å². The van der Waals surface area contributed by atoms with Crippen LogP contribution in [0.25, 0.3) is 0 Å². The highest BCUT2D eigenvalue weighted by atomic mass is 16.5. The number of hydrogen-bond acceptors (Lipinski definition) is 3. The van der Waals surface area contributed by atoms with Crippen molar-refractivity contribution in [3.8, 4) is 0 Å². The van der Waals surface area contributed by atoms with Gasteiger partial charge in [-0.2, -0.15) is 0 Å². The minimum atomic E-state index is -0.0646. The SMILES string of the molecule is CN=C(NCCCC(=O)OC1CCCC1)N1CCc2ccccc21. The number of nitrogens with one attached hydrogen (secondary N) is 1. The molecule has 0 unspecified atom stereocenters. The molecule has 0 aromatic heterocycles. The molecule has 0 spiro atoms. The van der Waals surface area contributed by atoms with E-state index in [-0.39, 0.29) is 12.1 Å². The van der Waals surface area contributed by atoms with Crippen LogP contribution in [0, 0.1) is 0 Å². The quantitative estimate of drug-likeness (QED) is 0.391. The van der Waals surface area contributed by atoms with Crippen molar-refractivity contribution in [2.75, 3.05) is 25.0 Å². The lowest BCUT2D eigenvalue weighted by Gasteiger charge is -2.22.